The van der Waals surface area contributed by atoms with Gasteiger partial charge >= 0.3 is 0 Å². The first-order valence-corrected chi connectivity index (χ1v) is 10.2. The van der Waals surface area contributed by atoms with Crippen molar-refractivity contribution in [1.29, 1.82) is 0 Å². The Balaban J connectivity index is 2.10. The molecule has 0 aliphatic rings. The lowest BCUT2D eigenvalue weighted by molar-refractivity contribution is 0.243. The van der Waals surface area contributed by atoms with E-state index in [0.29, 0.717) is 5.41 Å². The van der Waals surface area contributed by atoms with Crippen molar-refractivity contribution in [3.8, 4) is 0 Å². The van der Waals surface area contributed by atoms with Gasteiger partial charge in [-0.25, -0.2) is 9.97 Å². The molecular formula is C24H29N3. The first kappa shape index (κ1) is 18.0. The largest absolute Gasteiger partial charge is 0.280 e. The summed E-state index contributed by atoms with van der Waals surface area (Å²) in [7, 11) is 0. The van der Waals surface area contributed by atoms with Crippen LogP contribution in [0.1, 0.15) is 57.0 Å². The van der Waals surface area contributed by atoms with Crippen molar-refractivity contribution in [2.24, 2.45) is 5.41 Å². The normalized spacial score (nSPS) is 12.5. The van der Waals surface area contributed by atoms with Crippen LogP contribution < -0.4 is 0 Å². The third kappa shape index (κ3) is 2.80. The molecule has 2 aromatic heterocycles. The molecule has 2 aromatic carbocycles. The van der Waals surface area contributed by atoms with Gasteiger partial charge in [0.1, 0.15) is 11.5 Å². The quantitative estimate of drug-likeness (QED) is 0.412. The predicted molar refractivity (Wildman–Crippen MR) is 114 cm³/mol. The van der Waals surface area contributed by atoms with Gasteiger partial charge in [0, 0.05) is 11.8 Å². The molecule has 4 aromatic rings. The highest BCUT2D eigenvalue weighted by atomic mass is 15.1. The van der Waals surface area contributed by atoms with Gasteiger partial charge in [0.05, 0.1) is 16.6 Å². The summed E-state index contributed by atoms with van der Waals surface area (Å²) in [4.78, 5) is 10.2. The lowest BCUT2D eigenvalue weighted by Gasteiger charge is -2.30. The van der Waals surface area contributed by atoms with E-state index in [2.05, 4.69) is 75.4 Å². The molecule has 3 heteroatoms. The fourth-order valence-electron chi connectivity index (χ4n) is 4.30. The van der Waals surface area contributed by atoms with Crippen LogP contribution in [0.5, 0.6) is 0 Å². The first-order chi connectivity index (χ1) is 13.0. The third-order valence-corrected chi connectivity index (χ3v) is 6.71. The smallest absolute Gasteiger partial charge is 0.148 e. The fourth-order valence-corrected chi connectivity index (χ4v) is 4.30. The standard InChI is InChI=1S/C24H29N3/c1-6-24(7-2,8-3)15-22-25-19-12-10-9-11-18(19)23-26-20-13-16(4)17(5)14-21(20)27(22)23/h9-14H,6-8,15H2,1-5H3. The molecule has 0 radical (unpaired) electrons. The van der Waals surface area contributed by atoms with Crippen LogP contribution in [0.15, 0.2) is 36.4 Å². The predicted octanol–water partition coefficient (Wildman–Crippen LogP) is 6.41. The maximum absolute atomic E-state index is 5.13. The molecule has 140 valence electrons. The topological polar surface area (TPSA) is 30.2 Å². The van der Waals surface area contributed by atoms with Gasteiger partial charge in [0.15, 0.2) is 0 Å². The van der Waals surface area contributed by atoms with Crippen molar-refractivity contribution >= 4 is 27.6 Å². The monoisotopic (exact) mass is 359 g/mol. The van der Waals surface area contributed by atoms with E-state index in [4.69, 9.17) is 9.97 Å². The lowest BCUT2D eigenvalue weighted by atomic mass is 9.76. The minimum Gasteiger partial charge on any atom is -0.280 e. The van der Waals surface area contributed by atoms with Gasteiger partial charge in [-0.2, -0.15) is 0 Å². The van der Waals surface area contributed by atoms with Gasteiger partial charge in [0.25, 0.3) is 0 Å². The van der Waals surface area contributed by atoms with Crippen molar-refractivity contribution in [2.45, 2.75) is 60.3 Å². The maximum Gasteiger partial charge on any atom is 0.148 e. The first-order valence-electron chi connectivity index (χ1n) is 10.2. The van der Waals surface area contributed by atoms with Crippen LogP contribution in [0.2, 0.25) is 0 Å². The maximum atomic E-state index is 5.13. The van der Waals surface area contributed by atoms with Gasteiger partial charge in [-0.05, 0) is 54.7 Å². The molecule has 0 N–H and O–H groups in total. The molecule has 0 aliphatic carbocycles. The fraction of sp³-hybridized carbons (Fsp3) is 0.417. The van der Waals surface area contributed by atoms with Crippen LogP contribution in [0, 0.1) is 19.3 Å². The van der Waals surface area contributed by atoms with Crippen LogP contribution in [0.3, 0.4) is 0 Å². The van der Waals surface area contributed by atoms with E-state index in [-0.39, 0.29) is 0 Å². The van der Waals surface area contributed by atoms with Crippen molar-refractivity contribution in [1.82, 2.24) is 14.4 Å². The Kier molecular flexibility index (Phi) is 4.41. The summed E-state index contributed by atoms with van der Waals surface area (Å²) in [6.45, 7) is 11.3. The highest BCUT2D eigenvalue weighted by Gasteiger charge is 2.27. The Morgan fingerprint density at radius 2 is 1.52 bits per heavy atom. The van der Waals surface area contributed by atoms with Crippen LogP contribution in [-0.2, 0) is 6.42 Å². The SMILES string of the molecule is CCC(CC)(CC)Cc1nc2ccccc2c2nc3cc(C)c(C)cc3n12. The van der Waals surface area contributed by atoms with E-state index >= 15 is 0 Å². The van der Waals surface area contributed by atoms with Crippen LogP contribution in [0.25, 0.3) is 27.6 Å². The summed E-state index contributed by atoms with van der Waals surface area (Å²) in [6, 6.07) is 12.9. The molecule has 0 fully saturated rings. The highest BCUT2D eigenvalue weighted by molar-refractivity contribution is 5.96. The molecule has 0 spiro atoms. The second-order valence-electron chi connectivity index (χ2n) is 7.98. The summed E-state index contributed by atoms with van der Waals surface area (Å²) >= 11 is 0. The van der Waals surface area contributed by atoms with E-state index in [1.807, 2.05) is 0 Å². The number of hydrogen-bond donors (Lipinski definition) is 0. The molecule has 4 rings (SSSR count). The molecule has 0 aliphatic heterocycles. The molecule has 0 saturated carbocycles. The Morgan fingerprint density at radius 3 is 2.22 bits per heavy atom. The van der Waals surface area contributed by atoms with Gasteiger partial charge in [-0.15, -0.1) is 0 Å². The van der Waals surface area contributed by atoms with Crippen LogP contribution in [-0.4, -0.2) is 14.4 Å². The number of para-hydroxylation sites is 1. The van der Waals surface area contributed by atoms with E-state index in [1.165, 1.54) is 35.9 Å². The van der Waals surface area contributed by atoms with E-state index in [0.717, 1.165) is 34.3 Å². The second-order valence-corrected chi connectivity index (χ2v) is 7.98. The number of benzene rings is 2. The number of aromatic nitrogens is 3. The zero-order chi connectivity index (χ0) is 19.2. The Morgan fingerprint density at radius 1 is 0.852 bits per heavy atom. The van der Waals surface area contributed by atoms with Crippen molar-refractivity contribution in [3.63, 3.8) is 0 Å². The van der Waals surface area contributed by atoms with Gasteiger partial charge in [0.2, 0.25) is 0 Å². The van der Waals surface area contributed by atoms with Crippen LogP contribution in [0.4, 0.5) is 0 Å². The van der Waals surface area contributed by atoms with Crippen molar-refractivity contribution < 1.29 is 0 Å². The molecule has 0 amide bonds. The summed E-state index contributed by atoms with van der Waals surface area (Å²) in [6.07, 6.45) is 4.48. The highest BCUT2D eigenvalue weighted by Crippen LogP contribution is 2.36. The average Bonchev–Trinajstić information content (AvgIpc) is 3.05. The van der Waals surface area contributed by atoms with Crippen molar-refractivity contribution in [2.75, 3.05) is 0 Å². The van der Waals surface area contributed by atoms with Crippen LogP contribution >= 0.6 is 0 Å². The summed E-state index contributed by atoms with van der Waals surface area (Å²) in [5.74, 6) is 1.14. The minimum absolute atomic E-state index is 0.290. The van der Waals surface area contributed by atoms with Gasteiger partial charge in [-0.3, -0.25) is 4.40 Å². The second kappa shape index (κ2) is 6.63. The molecule has 0 bridgehead atoms. The van der Waals surface area contributed by atoms with Crippen molar-refractivity contribution in [3.05, 3.63) is 53.3 Å². The van der Waals surface area contributed by atoms with E-state index in [1.54, 1.807) is 0 Å². The van der Waals surface area contributed by atoms with Gasteiger partial charge in [-0.1, -0.05) is 52.2 Å². The molecule has 3 nitrogen and oxygen atoms in total. The molecule has 0 saturated heterocycles. The minimum atomic E-state index is 0.290. The Labute approximate surface area is 161 Å². The molecule has 0 atom stereocenters. The zero-order valence-corrected chi connectivity index (χ0v) is 17.1. The lowest BCUT2D eigenvalue weighted by Crippen LogP contribution is -2.23. The van der Waals surface area contributed by atoms with Gasteiger partial charge < -0.3 is 0 Å². The number of rotatable bonds is 5. The number of imidazole rings is 1. The number of fused-ring (bicyclic) bond motifs is 5. The molecular weight excluding hydrogens is 330 g/mol. The average molecular weight is 360 g/mol. The number of aryl methyl sites for hydroxylation is 2. The Hall–Kier alpha value is -2.42. The third-order valence-electron chi connectivity index (χ3n) is 6.71. The summed E-state index contributed by atoms with van der Waals surface area (Å²) in [5.41, 5.74) is 7.20. The zero-order valence-electron chi connectivity index (χ0n) is 17.1. The van der Waals surface area contributed by atoms with E-state index in [9.17, 15) is 0 Å². The molecule has 27 heavy (non-hydrogen) atoms. The number of hydrogen-bond acceptors (Lipinski definition) is 2. The Bertz CT molecular complexity index is 1120. The summed E-state index contributed by atoms with van der Waals surface area (Å²) in [5, 5.41) is 1.13. The number of nitrogens with zero attached hydrogens (tertiary/aromatic N) is 3. The molecule has 2 heterocycles. The summed E-state index contributed by atoms with van der Waals surface area (Å²) < 4.78 is 2.32. The van der Waals surface area contributed by atoms with E-state index < -0.39 is 0 Å². The molecule has 0 unspecified atom stereocenters.